The topological polar surface area (TPSA) is 30.5 Å². The van der Waals surface area contributed by atoms with Gasteiger partial charge in [-0.2, -0.15) is 0 Å². The molecule has 0 bridgehead atoms. The van der Waals surface area contributed by atoms with Crippen molar-refractivity contribution >= 4 is 0 Å². The fourth-order valence-corrected chi connectivity index (χ4v) is 3.45. The molecule has 0 radical (unpaired) electrons. The molecule has 1 unspecified atom stereocenters. The van der Waals surface area contributed by atoms with Gasteiger partial charge >= 0.3 is 0 Å². The van der Waals surface area contributed by atoms with Gasteiger partial charge in [0.2, 0.25) is 0 Å². The minimum atomic E-state index is -0.100. The van der Waals surface area contributed by atoms with Gasteiger partial charge in [0.1, 0.15) is 5.75 Å². The van der Waals surface area contributed by atoms with E-state index in [1.165, 1.54) is 24.0 Å². The summed E-state index contributed by atoms with van der Waals surface area (Å²) < 4.78 is 11.6. The largest absolute Gasteiger partial charge is 0.496 e. The van der Waals surface area contributed by atoms with E-state index in [0.29, 0.717) is 0 Å². The van der Waals surface area contributed by atoms with E-state index >= 15 is 0 Å². The quantitative estimate of drug-likeness (QED) is 0.861. The number of rotatable bonds is 6. The summed E-state index contributed by atoms with van der Waals surface area (Å²) >= 11 is 0. The van der Waals surface area contributed by atoms with Crippen molar-refractivity contribution < 1.29 is 9.47 Å². The van der Waals surface area contributed by atoms with Crippen LogP contribution in [0.1, 0.15) is 49.8 Å². The van der Waals surface area contributed by atoms with Crippen molar-refractivity contribution in [2.24, 2.45) is 0 Å². The second kappa shape index (κ2) is 6.59. The minimum Gasteiger partial charge on any atom is -0.496 e. The Morgan fingerprint density at radius 3 is 2.50 bits per heavy atom. The third-order valence-electron chi connectivity index (χ3n) is 4.49. The monoisotopic (exact) mass is 277 g/mol. The number of benzene rings is 1. The Bertz CT molecular complexity index is 439. The lowest BCUT2D eigenvalue weighted by molar-refractivity contribution is -0.0369. The molecule has 112 valence electrons. The zero-order valence-electron chi connectivity index (χ0n) is 13.2. The molecule has 1 aliphatic carbocycles. The lowest BCUT2D eigenvalue weighted by Gasteiger charge is -2.38. The lowest BCUT2D eigenvalue weighted by Crippen LogP contribution is -2.43. The van der Waals surface area contributed by atoms with E-state index in [4.69, 9.17) is 9.47 Å². The van der Waals surface area contributed by atoms with Gasteiger partial charge in [-0.05, 0) is 32.4 Å². The van der Waals surface area contributed by atoms with Crippen molar-refractivity contribution in [2.75, 3.05) is 20.8 Å². The van der Waals surface area contributed by atoms with Crippen LogP contribution in [-0.2, 0) is 4.74 Å². The van der Waals surface area contributed by atoms with Gasteiger partial charge in [-0.1, -0.05) is 37.5 Å². The molecule has 1 aromatic carbocycles. The molecular weight excluding hydrogens is 250 g/mol. The van der Waals surface area contributed by atoms with Crippen molar-refractivity contribution in [1.29, 1.82) is 0 Å². The molecule has 1 N–H and O–H groups in total. The molecule has 1 aliphatic rings. The summed E-state index contributed by atoms with van der Waals surface area (Å²) in [5.41, 5.74) is 2.38. The Balaban J connectivity index is 2.44. The first-order valence-corrected chi connectivity index (χ1v) is 7.60. The van der Waals surface area contributed by atoms with Crippen LogP contribution in [0, 0.1) is 6.92 Å². The highest BCUT2D eigenvalue weighted by Crippen LogP contribution is 2.44. The molecule has 1 atom stereocenters. The predicted molar refractivity (Wildman–Crippen MR) is 82.4 cm³/mol. The number of aryl methyl sites for hydroxylation is 1. The maximum absolute atomic E-state index is 5.99. The Hall–Kier alpha value is -1.06. The summed E-state index contributed by atoms with van der Waals surface area (Å²) in [4.78, 5) is 0. The average Bonchev–Trinajstić information content (AvgIpc) is 2.94. The van der Waals surface area contributed by atoms with Crippen LogP contribution < -0.4 is 10.1 Å². The standard InChI is InChI=1S/C17H27NO2/c1-5-18-16(17(20-4)10-6-7-11-17)14-12-13(2)8-9-15(14)19-3/h8-9,12,16,18H,5-7,10-11H2,1-4H3. The molecule has 0 spiro atoms. The van der Waals surface area contributed by atoms with Crippen molar-refractivity contribution in [3.8, 4) is 5.75 Å². The second-order valence-electron chi connectivity index (χ2n) is 5.71. The van der Waals surface area contributed by atoms with Crippen molar-refractivity contribution in [3.05, 3.63) is 29.3 Å². The maximum Gasteiger partial charge on any atom is 0.123 e. The molecule has 0 saturated heterocycles. The van der Waals surface area contributed by atoms with Gasteiger partial charge in [0.25, 0.3) is 0 Å². The second-order valence-corrected chi connectivity index (χ2v) is 5.71. The van der Waals surface area contributed by atoms with Gasteiger partial charge in [-0.25, -0.2) is 0 Å². The summed E-state index contributed by atoms with van der Waals surface area (Å²) in [6, 6.07) is 6.58. The van der Waals surface area contributed by atoms with Gasteiger partial charge < -0.3 is 14.8 Å². The Kier molecular flexibility index (Phi) is 5.06. The number of likely N-dealkylation sites (N-methyl/N-ethyl adjacent to an activating group) is 1. The SMILES string of the molecule is CCNC(c1cc(C)ccc1OC)C1(OC)CCCC1. The molecule has 0 aliphatic heterocycles. The lowest BCUT2D eigenvalue weighted by atomic mass is 9.85. The Labute approximate surface area is 122 Å². The van der Waals surface area contributed by atoms with E-state index in [9.17, 15) is 0 Å². The van der Waals surface area contributed by atoms with E-state index in [0.717, 1.165) is 25.1 Å². The molecule has 1 aromatic rings. The van der Waals surface area contributed by atoms with E-state index in [1.54, 1.807) is 7.11 Å². The van der Waals surface area contributed by atoms with Crippen LogP contribution in [0.15, 0.2) is 18.2 Å². The molecule has 2 rings (SSSR count). The van der Waals surface area contributed by atoms with Crippen molar-refractivity contribution in [3.63, 3.8) is 0 Å². The number of ether oxygens (including phenoxy) is 2. The highest BCUT2D eigenvalue weighted by molar-refractivity contribution is 5.41. The summed E-state index contributed by atoms with van der Waals surface area (Å²) in [6.45, 7) is 5.19. The normalized spacial score (nSPS) is 19.0. The third-order valence-corrected chi connectivity index (χ3v) is 4.49. The number of hydrogen-bond acceptors (Lipinski definition) is 3. The predicted octanol–water partition coefficient (Wildman–Crippen LogP) is 3.61. The van der Waals surface area contributed by atoms with Crippen LogP contribution in [0.2, 0.25) is 0 Å². The summed E-state index contributed by atoms with van der Waals surface area (Å²) in [5.74, 6) is 0.949. The van der Waals surface area contributed by atoms with Crippen LogP contribution in [-0.4, -0.2) is 26.4 Å². The van der Waals surface area contributed by atoms with Crippen LogP contribution in [0.3, 0.4) is 0 Å². The molecule has 0 heterocycles. The van der Waals surface area contributed by atoms with Gasteiger partial charge in [0.15, 0.2) is 0 Å². The highest BCUT2D eigenvalue weighted by Gasteiger charge is 2.43. The molecule has 1 saturated carbocycles. The van der Waals surface area contributed by atoms with Gasteiger partial charge in [-0.15, -0.1) is 0 Å². The van der Waals surface area contributed by atoms with Gasteiger partial charge in [-0.3, -0.25) is 0 Å². The zero-order chi connectivity index (χ0) is 14.6. The first kappa shape index (κ1) is 15.3. The molecule has 3 nitrogen and oxygen atoms in total. The first-order valence-electron chi connectivity index (χ1n) is 7.60. The maximum atomic E-state index is 5.99. The van der Waals surface area contributed by atoms with E-state index in [-0.39, 0.29) is 11.6 Å². The molecule has 3 heteroatoms. The summed E-state index contributed by atoms with van der Waals surface area (Å²) in [5, 5.41) is 3.63. The fraction of sp³-hybridized carbons (Fsp3) is 0.647. The molecule has 0 amide bonds. The molecular formula is C17H27NO2. The first-order chi connectivity index (χ1) is 9.66. The zero-order valence-corrected chi connectivity index (χ0v) is 13.2. The molecule has 0 aromatic heterocycles. The van der Waals surface area contributed by atoms with Gasteiger partial charge in [0, 0.05) is 12.7 Å². The Morgan fingerprint density at radius 1 is 1.25 bits per heavy atom. The third kappa shape index (κ3) is 2.84. The van der Waals surface area contributed by atoms with Crippen LogP contribution in [0.5, 0.6) is 5.75 Å². The number of hydrogen-bond donors (Lipinski definition) is 1. The molecule has 1 fully saturated rings. The van der Waals surface area contributed by atoms with E-state index in [2.05, 4.69) is 37.4 Å². The van der Waals surface area contributed by atoms with E-state index < -0.39 is 0 Å². The van der Waals surface area contributed by atoms with Crippen molar-refractivity contribution in [1.82, 2.24) is 5.32 Å². The average molecular weight is 277 g/mol. The number of nitrogens with one attached hydrogen (secondary N) is 1. The van der Waals surface area contributed by atoms with Crippen LogP contribution in [0.4, 0.5) is 0 Å². The number of methoxy groups -OCH3 is 2. The smallest absolute Gasteiger partial charge is 0.123 e. The van der Waals surface area contributed by atoms with Crippen LogP contribution >= 0.6 is 0 Å². The van der Waals surface area contributed by atoms with Crippen molar-refractivity contribution in [2.45, 2.75) is 51.2 Å². The summed E-state index contributed by atoms with van der Waals surface area (Å²) in [6.07, 6.45) is 4.70. The summed E-state index contributed by atoms with van der Waals surface area (Å²) in [7, 11) is 3.59. The minimum absolute atomic E-state index is 0.100. The van der Waals surface area contributed by atoms with Gasteiger partial charge in [0.05, 0.1) is 18.8 Å². The highest BCUT2D eigenvalue weighted by atomic mass is 16.5. The van der Waals surface area contributed by atoms with Crippen LogP contribution in [0.25, 0.3) is 0 Å². The molecule has 20 heavy (non-hydrogen) atoms. The fourth-order valence-electron chi connectivity index (χ4n) is 3.45. The van der Waals surface area contributed by atoms with E-state index in [1.807, 2.05) is 7.11 Å². The Morgan fingerprint density at radius 2 is 1.95 bits per heavy atom.